The molecule has 1 aromatic carbocycles. The molecule has 0 saturated carbocycles. The fraction of sp³-hybridized carbons (Fsp3) is 0.500. The minimum absolute atomic E-state index is 0.254. The highest BCUT2D eigenvalue weighted by molar-refractivity contribution is 5.85. The van der Waals surface area contributed by atoms with Crippen molar-refractivity contribution in [2.45, 2.75) is 43.4 Å². The van der Waals surface area contributed by atoms with E-state index in [1.165, 1.54) is 12.7 Å². The first kappa shape index (κ1) is 26.9. The number of carboxylic acids is 1. The topological polar surface area (TPSA) is 184 Å². The zero-order valence-electron chi connectivity index (χ0n) is 20.6. The van der Waals surface area contributed by atoms with Crippen molar-refractivity contribution in [2.75, 3.05) is 38.5 Å². The predicted molar refractivity (Wildman–Crippen MR) is 136 cm³/mol. The summed E-state index contributed by atoms with van der Waals surface area (Å²) < 4.78 is 7.71. The highest BCUT2D eigenvalue weighted by Gasteiger charge is 2.44. The van der Waals surface area contributed by atoms with Gasteiger partial charge in [-0.15, -0.1) is 0 Å². The maximum atomic E-state index is 11.1. The fourth-order valence-electron chi connectivity index (χ4n) is 4.37. The van der Waals surface area contributed by atoms with Crippen molar-refractivity contribution in [1.82, 2.24) is 29.7 Å². The smallest absolute Gasteiger partial charge is 0.320 e. The summed E-state index contributed by atoms with van der Waals surface area (Å²) >= 11 is 0. The van der Waals surface area contributed by atoms with E-state index in [0.717, 1.165) is 18.7 Å². The lowest BCUT2D eigenvalue weighted by Crippen LogP contribution is -2.43. The van der Waals surface area contributed by atoms with Crippen LogP contribution in [0.15, 0.2) is 43.0 Å². The monoisotopic (exact) mass is 514 g/mol. The summed E-state index contributed by atoms with van der Waals surface area (Å²) in [6, 6.07) is 8.55. The fourth-order valence-corrected chi connectivity index (χ4v) is 4.37. The van der Waals surface area contributed by atoms with Crippen LogP contribution < -0.4 is 16.4 Å². The van der Waals surface area contributed by atoms with Crippen molar-refractivity contribution in [3.63, 3.8) is 0 Å². The number of benzene rings is 1. The van der Waals surface area contributed by atoms with Crippen LogP contribution in [0.25, 0.3) is 11.2 Å². The predicted octanol–water partition coefficient (Wildman–Crippen LogP) is -0.0974. The zero-order valence-corrected chi connectivity index (χ0v) is 20.6. The Morgan fingerprint density at radius 2 is 1.97 bits per heavy atom. The summed E-state index contributed by atoms with van der Waals surface area (Å²) in [7, 11) is 1.86. The number of hydrogen-bond donors (Lipinski definition) is 6. The minimum Gasteiger partial charge on any atom is -0.480 e. The van der Waals surface area contributed by atoms with Crippen LogP contribution in [0.1, 0.15) is 19.1 Å². The number of nitrogens with zero attached hydrogens (tertiary/aromatic N) is 5. The molecule has 5 atom stereocenters. The van der Waals surface area contributed by atoms with Gasteiger partial charge in [0.15, 0.2) is 23.2 Å². The standard InChI is InChI=1S/C24H34N8O5/c1-26-9-5-10-31(11-8-16(25)24(35)36)12-17-19(33)20(34)23(37-17)32-14-29-18-21(27-13-28-22(18)32)30-15-6-3-2-4-7-15/h2-4,6-7,13-14,16-17,19-20,23,26,33-34H,5,8-12,25H2,1H3,(H,35,36)(H,27,28,30)/t16-,17+,19+,20+,23+/m0/s1. The van der Waals surface area contributed by atoms with Gasteiger partial charge >= 0.3 is 5.97 Å². The molecule has 0 amide bonds. The van der Waals surface area contributed by atoms with Crippen molar-refractivity contribution in [3.05, 3.63) is 43.0 Å². The highest BCUT2D eigenvalue weighted by Crippen LogP contribution is 2.33. The van der Waals surface area contributed by atoms with Gasteiger partial charge in [0.2, 0.25) is 0 Å². The summed E-state index contributed by atoms with van der Waals surface area (Å²) in [4.78, 5) is 26.2. The summed E-state index contributed by atoms with van der Waals surface area (Å²) in [5.41, 5.74) is 7.47. The third-order valence-corrected chi connectivity index (χ3v) is 6.42. The molecular formula is C24H34N8O5. The number of carbonyl (C=O) groups is 1. The third kappa shape index (κ3) is 6.39. The van der Waals surface area contributed by atoms with Crippen LogP contribution in [0.3, 0.4) is 0 Å². The first-order chi connectivity index (χ1) is 17.9. The van der Waals surface area contributed by atoms with Crippen molar-refractivity contribution >= 4 is 28.6 Å². The van der Waals surface area contributed by atoms with E-state index in [2.05, 4.69) is 25.6 Å². The van der Waals surface area contributed by atoms with E-state index in [4.69, 9.17) is 15.6 Å². The summed E-state index contributed by atoms with van der Waals surface area (Å²) in [6.07, 6.45) is -0.0282. The van der Waals surface area contributed by atoms with Crippen LogP contribution >= 0.6 is 0 Å². The molecular weight excluding hydrogens is 480 g/mol. The molecule has 0 spiro atoms. The molecule has 0 radical (unpaired) electrons. The first-order valence-corrected chi connectivity index (χ1v) is 12.3. The van der Waals surface area contributed by atoms with Crippen LogP contribution in [0, 0.1) is 0 Å². The van der Waals surface area contributed by atoms with E-state index in [1.54, 1.807) is 4.57 Å². The van der Waals surface area contributed by atoms with Gasteiger partial charge in [-0.3, -0.25) is 9.36 Å². The molecule has 37 heavy (non-hydrogen) atoms. The number of aliphatic hydroxyl groups excluding tert-OH is 2. The number of hydrogen-bond acceptors (Lipinski definition) is 11. The van der Waals surface area contributed by atoms with E-state index < -0.39 is 36.6 Å². The molecule has 13 nitrogen and oxygen atoms in total. The van der Waals surface area contributed by atoms with Gasteiger partial charge in [-0.05, 0) is 45.1 Å². The van der Waals surface area contributed by atoms with Crippen molar-refractivity contribution in [2.24, 2.45) is 5.73 Å². The van der Waals surface area contributed by atoms with Crippen molar-refractivity contribution in [1.29, 1.82) is 0 Å². The Hall–Kier alpha value is -3.20. The summed E-state index contributed by atoms with van der Waals surface area (Å²) in [6.45, 7) is 2.14. The molecule has 4 rings (SSSR count). The number of anilines is 2. The van der Waals surface area contributed by atoms with Gasteiger partial charge in [0.1, 0.15) is 30.7 Å². The van der Waals surface area contributed by atoms with Crippen molar-refractivity contribution < 1.29 is 24.9 Å². The van der Waals surface area contributed by atoms with E-state index in [9.17, 15) is 15.0 Å². The van der Waals surface area contributed by atoms with E-state index in [0.29, 0.717) is 36.6 Å². The lowest BCUT2D eigenvalue weighted by molar-refractivity contribution is -0.138. The normalized spacial score (nSPS) is 22.5. The lowest BCUT2D eigenvalue weighted by Gasteiger charge is -2.27. The maximum absolute atomic E-state index is 11.1. The number of fused-ring (bicyclic) bond motifs is 1. The first-order valence-electron chi connectivity index (χ1n) is 12.3. The second-order valence-corrected chi connectivity index (χ2v) is 9.07. The van der Waals surface area contributed by atoms with E-state index in [1.807, 2.05) is 42.3 Å². The molecule has 3 heterocycles. The number of nitrogens with one attached hydrogen (secondary N) is 2. The number of carboxylic acid groups (broad SMARTS) is 1. The average molecular weight is 515 g/mol. The number of aliphatic carboxylic acids is 1. The molecule has 2 aromatic heterocycles. The third-order valence-electron chi connectivity index (χ3n) is 6.42. The Morgan fingerprint density at radius 3 is 2.70 bits per heavy atom. The Labute approximate surface area is 214 Å². The van der Waals surface area contributed by atoms with Crippen molar-refractivity contribution in [3.8, 4) is 0 Å². The largest absolute Gasteiger partial charge is 0.480 e. The van der Waals surface area contributed by atoms with Gasteiger partial charge in [0, 0.05) is 18.8 Å². The number of para-hydroxylation sites is 1. The molecule has 0 unspecified atom stereocenters. The van der Waals surface area contributed by atoms with E-state index in [-0.39, 0.29) is 6.42 Å². The number of ether oxygens (including phenoxy) is 1. The molecule has 3 aromatic rings. The van der Waals surface area contributed by atoms with Crippen LogP contribution in [0.5, 0.6) is 0 Å². The minimum atomic E-state index is -1.22. The van der Waals surface area contributed by atoms with Crippen LogP contribution in [0.4, 0.5) is 11.5 Å². The maximum Gasteiger partial charge on any atom is 0.320 e. The van der Waals surface area contributed by atoms with Gasteiger partial charge in [-0.1, -0.05) is 18.2 Å². The number of nitrogens with two attached hydrogens (primary N) is 1. The number of rotatable bonds is 13. The average Bonchev–Trinajstić information content (AvgIpc) is 3.44. The second-order valence-electron chi connectivity index (χ2n) is 9.07. The Kier molecular flexibility index (Phi) is 8.97. The lowest BCUT2D eigenvalue weighted by atomic mass is 10.1. The molecule has 200 valence electrons. The molecule has 1 aliphatic rings. The molecule has 1 fully saturated rings. The van der Waals surface area contributed by atoms with Crippen LogP contribution in [-0.4, -0.2) is 103 Å². The molecule has 1 aliphatic heterocycles. The van der Waals surface area contributed by atoms with Crippen LogP contribution in [-0.2, 0) is 9.53 Å². The molecule has 1 saturated heterocycles. The quantitative estimate of drug-likeness (QED) is 0.167. The summed E-state index contributed by atoms with van der Waals surface area (Å²) in [5.74, 6) is -0.553. The molecule has 0 aliphatic carbocycles. The Balaban J connectivity index is 1.49. The molecule has 7 N–H and O–H groups in total. The zero-order chi connectivity index (χ0) is 26.4. The van der Waals surface area contributed by atoms with E-state index >= 15 is 0 Å². The second kappa shape index (κ2) is 12.4. The van der Waals surface area contributed by atoms with Gasteiger partial charge in [-0.2, -0.15) is 0 Å². The Morgan fingerprint density at radius 1 is 1.19 bits per heavy atom. The number of imidazole rings is 1. The van der Waals surface area contributed by atoms with Gasteiger partial charge < -0.3 is 41.3 Å². The SMILES string of the molecule is CNCCCN(CC[C@H](N)C(=O)O)C[C@H]1O[C@@H](n2cnc3c(Nc4ccccc4)ncnc32)[C@H](O)[C@@H]1O. The van der Waals surface area contributed by atoms with Gasteiger partial charge in [-0.25, -0.2) is 15.0 Å². The number of aliphatic hydroxyl groups is 2. The molecule has 0 bridgehead atoms. The molecule has 13 heteroatoms. The summed E-state index contributed by atoms with van der Waals surface area (Å²) in [5, 5.41) is 37.1. The Bertz CT molecular complexity index is 1160. The van der Waals surface area contributed by atoms with Gasteiger partial charge in [0.05, 0.1) is 6.33 Å². The number of aromatic nitrogens is 4. The van der Waals surface area contributed by atoms with Crippen LogP contribution in [0.2, 0.25) is 0 Å². The highest BCUT2D eigenvalue weighted by atomic mass is 16.6. The van der Waals surface area contributed by atoms with Gasteiger partial charge in [0.25, 0.3) is 0 Å².